The molecule has 2 aromatic rings. The summed E-state index contributed by atoms with van der Waals surface area (Å²) in [5, 5.41) is 4.41. The first-order valence-corrected chi connectivity index (χ1v) is 6.73. The van der Waals surface area contributed by atoms with Gasteiger partial charge >= 0.3 is 0 Å². The van der Waals surface area contributed by atoms with Gasteiger partial charge in [0.2, 0.25) is 0 Å². The average molecular weight is 309 g/mol. The minimum Gasteiger partial charge on any atom is -0.364 e. The van der Waals surface area contributed by atoms with Crippen LogP contribution < -0.4 is 0 Å². The lowest BCUT2D eigenvalue weighted by Crippen LogP contribution is -2.32. The maximum absolute atomic E-state index is 12.2. The number of carbonyl (C=O) groups excluding carboxylic acids is 1. The fourth-order valence-corrected chi connectivity index (χ4v) is 2.07. The Hall–Kier alpha value is -1.62. The topological polar surface area (TPSA) is 46.3 Å². The number of nitrogens with zero attached hydrogens (tertiary/aromatic N) is 2. The Kier molecular flexibility index (Phi) is 4.52. The summed E-state index contributed by atoms with van der Waals surface area (Å²) < 4.78 is 4.70. The molecule has 0 atom stereocenters. The second kappa shape index (κ2) is 6.35. The second-order valence-electron chi connectivity index (χ2n) is 3.79. The molecule has 0 N–H and O–H groups in total. The molecule has 18 heavy (non-hydrogen) atoms. The number of amides is 1. The molecule has 1 heterocycles. The predicted molar refractivity (Wildman–Crippen MR) is 71.5 cm³/mol. The third-order valence-corrected chi connectivity index (χ3v) is 2.87. The van der Waals surface area contributed by atoms with Crippen molar-refractivity contribution in [2.45, 2.75) is 6.54 Å². The molecule has 0 bridgehead atoms. The Labute approximate surface area is 114 Å². The van der Waals surface area contributed by atoms with E-state index in [-0.39, 0.29) is 5.91 Å². The van der Waals surface area contributed by atoms with Crippen LogP contribution in [-0.4, -0.2) is 27.8 Å². The minimum atomic E-state index is -0.118. The van der Waals surface area contributed by atoms with E-state index < -0.39 is 0 Å². The van der Waals surface area contributed by atoms with E-state index in [0.717, 1.165) is 10.9 Å². The van der Waals surface area contributed by atoms with E-state index in [1.165, 1.54) is 6.26 Å². The zero-order valence-corrected chi connectivity index (χ0v) is 11.3. The predicted octanol–water partition coefficient (Wildman–Crippen LogP) is 2.71. The first kappa shape index (κ1) is 12.8. The Balaban J connectivity index is 2.11. The number of halogens is 1. The maximum atomic E-state index is 12.2. The highest BCUT2D eigenvalue weighted by molar-refractivity contribution is 9.09. The largest absolute Gasteiger partial charge is 0.364 e. The van der Waals surface area contributed by atoms with E-state index in [4.69, 9.17) is 4.52 Å². The van der Waals surface area contributed by atoms with Crippen molar-refractivity contribution in [3.63, 3.8) is 0 Å². The van der Waals surface area contributed by atoms with Crippen molar-refractivity contribution in [3.05, 3.63) is 53.9 Å². The van der Waals surface area contributed by atoms with Crippen LogP contribution >= 0.6 is 15.9 Å². The van der Waals surface area contributed by atoms with Crippen LogP contribution in [0.5, 0.6) is 0 Å². The number of hydrogen-bond donors (Lipinski definition) is 0. The highest BCUT2D eigenvalue weighted by Crippen LogP contribution is 2.09. The molecular weight excluding hydrogens is 296 g/mol. The standard InChI is InChI=1S/C13H13BrN2O2/c14-7-8-16(10-11-4-2-1-3-5-11)13(17)12-6-9-18-15-12/h1-6,9H,7-8,10H2. The van der Waals surface area contributed by atoms with E-state index >= 15 is 0 Å². The fourth-order valence-electron chi connectivity index (χ4n) is 1.64. The molecule has 0 saturated carbocycles. The molecule has 0 spiro atoms. The van der Waals surface area contributed by atoms with Crippen LogP contribution in [0, 0.1) is 0 Å². The first-order chi connectivity index (χ1) is 8.81. The van der Waals surface area contributed by atoms with Crippen LogP contribution in [0.1, 0.15) is 16.1 Å². The van der Waals surface area contributed by atoms with Gasteiger partial charge in [-0.2, -0.15) is 0 Å². The quantitative estimate of drug-likeness (QED) is 0.798. The van der Waals surface area contributed by atoms with Gasteiger partial charge in [0.05, 0.1) is 0 Å². The van der Waals surface area contributed by atoms with Gasteiger partial charge in [0.1, 0.15) is 6.26 Å². The Morgan fingerprint density at radius 2 is 2.06 bits per heavy atom. The molecule has 5 heteroatoms. The summed E-state index contributed by atoms with van der Waals surface area (Å²) in [5.41, 5.74) is 1.43. The van der Waals surface area contributed by atoms with Crippen LogP contribution in [0.4, 0.5) is 0 Å². The zero-order chi connectivity index (χ0) is 12.8. The Bertz CT molecular complexity index is 485. The minimum absolute atomic E-state index is 0.118. The number of alkyl halides is 1. The molecular formula is C13H13BrN2O2. The van der Waals surface area contributed by atoms with Crippen molar-refractivity contribution < 1.29 is 9.32 Å². The Morgan fingerprint density at radius 1 is 1.28 bits per heavy atom. The highest BCUT2D eigenvalue weighted by Gasteiger charge is 2.17. The average Bonchev–Trinajstić information content (AvgIpc) is 2.92. The number of carbonyl (C=O) groups is 1. The molecule has 0 aliphatic rings. The summed E-state index contributed by atoms with van der Waals surface area (Å²) in [5.74, 6) is -0.118. The van der Waals surface area contributed by atoms with Crippen molar-refractivity contribution in [2.75, 3.05) is 11.9 Å². The molecule has 1 amide bonds. The lowest BCUT2D eigenvalue weighted by Gasteiger charge is -2.20. The van der Waals surface area contributed by atoms with E-state index in [1.807, 2.05) is 30.3 Å². The van der Waals surface area contributed by atoms with Gasteiger partial charge in [0, 0.05) is 24.5 Å². The maximum Gasteiger partial charge on any atom is 0.276 e. The van der Waals surface area contributed by atoms with Crippen molar-refractivity contribution >= 4 is 21.8 Å². The third kappa shape index (κ3) is 3.20. The van der Waals surface area contributed by atoms with Gasteiger partial charge < -0.3 is 9.42 Å². The summed E-state index contributed by atoms with van der Waals surface area (Å²) in [6, 6.07) is 11.4. The molecule has 4 nitrogen and oxygen atoms in total. The molecule has 0 radical (unpaired) electrons. The summed E-state index contributed by atoms with van der Waals surface area (Å²) in [4.78, 5) is 13.9. The lowest BCUT2D eigenvalue weighted by atomic mass is 10.2. The van der Waals surface area contributed by atoms with Gasteiger partial charge in [-0.1, -0.05) is 51.4 Å². The molecule has 0 aliphatic heterocycles. The third-order valence-electron chi connectivity index (χ3n) is 2.51. The van der Waals surface area contributed by atoms with Gasteiger partial charge in [-0.15, -0.1) is 0 Å². The zero-order valence-electron chi connectivity index (χ0n) is 9.75. The molecule has 0 aliphatic carbocycles. The van der Waals surface area contributed by atoms with E-state index in [2.05, 4.69) is 21.1 Å². The fraction of sp³-hybridized carbons (Fsp3) is 0.231. The lowest BCUT2D eigenvalue weighted by molar-refractivity contribution is 0.0744. The monoisotopic (exact) mass is 308 g/mol. The van der Waals surface area contributed by atoms with Crippen LogP contribution in [0.2, 0.25) is 0 Å². The van der Waals surface area contributed by atoms with Crippen molar-refractivity contribution in [2.24, 2.45) is 0 Å². The normalized spacial score (nSPS) is 10.3. The van der Waals surface area contributed by atoms with Gasteiger partial charge in [-0.05, 0) is 5.56 Å². The smallest absolute Gasteiger partial charge is 0.276 e. The van der Waals surface area contributed by atoms with Gasteiger partial charge in [-0.25, -0.2) is 0 Å². The number of benzene rings is 1. The van der Waals surface area contributed by atoms with Crippen molar-refractivity contribution in [1.29, 1.82) is 0 Å². The molecule has 2 rings (SSSR count). The Morgan fingerprint density at radius 3 is 2.67 bits per heavy atom. The SMILES string of the molecule is O=C(c1ccon1)N(CCBr)Cc1ccccc1. The molecule has 1 aromatic heterocycles. The number of rotatable bonds is 5. The van der Waals surface area contributed by atoms with Crippen LogP contribution in [0.25, 0.3) is 0 Å². The van der Waals surface area contributed by atoms with E-state index in [1.54, 1.807) is 11.0 Å². The van der Waals surface area contributed by atoms with E-state index in [0.29, 0.717) is 18.8 Å². The van der Waals surface area contributed by atoms with E-state index in [9.17, 15) is 4.79 Å². The second-order valence-corrected chi connectivity index (χ2v) is 4.58. The summed E-state index contributed by atoms with van der Waals surface area (Å²) in [7, 11) is 0. The molecule has 94 valence electrons. The van der Waals surface area contributed by atoms with Crippen LogP contribution in [-0.2, 0) is 6.54 Å². The summed E-state index contributed by atoms with van der Waals surface area (Å²) >= 11 is 3.36. The van der Waals surface area contributed by atoms with Gasteiger partial charge in [-0.3, -0.25) is 4.79 Å². The van der Waals surface area contributed by atoms with Gasteiger partial charge in [0.25, 0.3) is 5.91 Å². The van der Waals surface area contributed by atoms with Crippen molar-refractivity contribution in [3.8, 4) is 0 Å². The van der Waals surface area contributed by atoms with Gasteiger partial charge in [0.15, 0.2) is 5.69 Å². The first-order valence-electron chi connectivity index (χ1n) is 5.61. The highest BCUT2D eigenvalue weighted by atomic mass is 79.9. The van der Waals surface area contributed by atoms with Crippen LogP contribution in [0.3, 0.4) is 0 Å². The number of hydrogen-bond acceptors (Lipinski definition) is 3. The summed E-state index contributed by atoms with van der Waals surface area (Å²) in [6.07, 6.45) is 1.40. The molecule has 0 unspecified atom stereocenters. The molecule has 0 fully saturated rings. The van der Waals surface area contributed by atoms with Crippen molar-refractivity contribution in [1.82, 2.24) is 10.1 Å². The molecule has 0 saturated heterocycles. The summed E-state index contributed by atoms with van der Waals surface area (Å²) in [6.45, 7) is 1.19. The molecule has 1 aromatic carbocycles. The number of aromatic nitrogens is 1. The van der Waals surface area contributed by atoms with Crippen LogP contribution in [0.15, 0.2) is 47.2 Å².